The van der Waals surface area contributed by atoms with Gasteiger partial charge in [0.05, 0.1) is 12.4 Å². The van der Waals surface area contributed by atoms with E-state index in [9.17, 15) is 0 Å². The van der Waals surface area contributed by atoms with Crippen molar-refractivity contribution in [3.8, 4) is 0 Å². The van der Waals surface area contributed by atoms with Gasteiger partial charge in [-0.25, -0.2) is 4.98 Å². The molecular formula is C5H6N4. The number of hydrogen-bond donors (Lipinski definition) is 0. The molecule has 0 unspecified atom stereocenters. The normalized spacial score (nSPS) is 15.8. The van der Waals surface area contributed by atoms with E-state index < -0.39 is 0 Å². The molecule has 1 aliphatic heterocycles. The Morgan fingerprint density at radius 3 is 2.78 bits per heavy atom. The van der Waals surface area contributed by atoms with Gasteiger partial charge in [-0.15, -0.1) is 5.10 Å². The van der Waals surface area contributed by atoms with Crippen LogP contribution in [-0.4, -0.2) is 28.3 Å². The summed E-state index contributed by atoms with van der Waals surface area (Å²) in [6, 6.07) is 0. The maximum absolute atomic E-state index is 3.99. The molecule has 0 bridgehead atoms. The van der Waals surface area contributed by atoms with E-state index in [-0.39, 0.29) is 0 Å². The fraction of sp³-hybridized carbons (Fsp3) is 0.400. The molecule has 4 heteroatoms. The molecule has 9 heavy (non-hydrogen) atoms. The highest BCUT2D eigenvalue weighted by molar-refractivity contribution is 5.34. The van der Waals surface area contributed by atoms with Crippen LogP contribution in [0.5, 0.6) is 0 Å². The van der Waals surface area contributed by atoms with Crippen LogP contribution in [0.2, 0.25) is 0 Å². The van der Waals surface area contributed by atoms with Crippen molar-refractivity contribution in [2.75, 3.05) is 18.0 Å². The van der Waals surface area contributed by atoms with E-state index in [1.807, 2.05) is 4.90 Å². The smallest absolute Gasteiger partial charge is 0.245 e. The molecule has 0 atom stereocenters. The van der Waals surface area contributed by atoms with Crippen LogP contribution < -0.4 is 4.90 Å². The Labute approximate surface area is 52.5 Å². The highest BCUT2D eigenvalue weighted by Gasteiger charge is 2.19. The third-order valence-corrected chi connectivity index (χ3v) is 1.20. The Hall–Kier alpha value is -1.19. The van der Waals surface area contributed by atoms with Crippen LogP contribution in [0.25, 0.3) is 0 Å². The number of nitrogens with zero attached hydrogens (tertiary/aromatic N) is 4. The van der Waals surface area contributed by atoms with Gasteiger partial charge in [0.15, 0.2) is 0 Å². The lowest BCUT2D eigenvalue weighted by molar-refractivity contribution is 0.952. The van der Waals surface area contributed by atoms with Gasteiger partial charge in [-0.05, 0) is 0 Å². The summed E-state index contributed by atoms with van der Waals surface area (Å²) in [5.74, 6) is 0.748. The molecular weight excluding hydrogens is 116 g/mol. The largest absolute Gasteiger partial charge is 0.336 e. The lowest BCUT2D eigenvalue weighted by atomic mass is 10.8. The van der Waals surface area contributed by atoms with Crippen LogP contribution in [0.3, 0.4) is 0 Å². The van der Waals surface area contributed by atoms with Gasteiger partial charge in [-0.2, -0.15) is 5.10 Å². The highest BCUT2D eigenvalue weighted by atomic mass is 15.4. The van der Waals surface area contributed by atoms with Gasteiger partial charge in [0.25, 0.3) is 0 Å². The minimum Gasteiger partial charge on any atom is -0.336 e. The molecule has 0 aromatic carbocycles. The van der Waals surface area contributed by atoms with E-state index in [1.54, 1.807) is 12.4 Å². The van der Waals surface area contributed by atoms with Crippen molar-refractivity contribution in [3.63, 3.8) is 0 Å². The minimum absolute atomic E-state index is 0.748. The van der Waals surface area contributed by atoms with Crippen molar-refractivity contribution in [2.24, 2.45) is 0 Å². The standard InChI is InChI=1S/C5H6N4/c1-2-7-8-5(6-1)9-3-4-9/h1-2H,3-4H2. The predicted octanol–water partition coefficient (Wildman–Crippen LogP) is -0.308. The second kappa shape index (κ2) is 1.65. The van der Waals surface area contributed by atoms with E-state index >= 15 is 0 Å². The van der Waals surface area contributed by atoms with Crippen LogP contribution >= 0.6 is 0 Å². The van der Waals surface area contributed by atoms with Gasteiger partial charge in [-0.1, -0.05) is 0 Å². The average Bonchev–Trinajstić information content (AvgIpc) is 2.71. The Bertz CT molecular complexity index is 193. The summed E-state index contributed by atoms with van der Waals surface area (Å²) in [5.41, 5.74) is 0. The average molecular weight is 122 g/mol. The maximum atomic E-state index is 3.99. The number of aromatic nitrogens is 3. The SMILES string of the molecule is c1cnc(N2CC2)nn1. The zero-order chi connectivity index (χ0) is 6.10. The molecule has 1 saturated heterocycles. The van der Waals surface area contributed by atoms with Crippen LogP contribution in [0, 0.1) is 0 Å². The number of rotatable bonds is 1. The fourth-order valence-corrected chi connectivity index (χ4v) is 0.636. The maximum Gasteiger partial charge on any atom is 0.245 e. The van der Waals surface area contributed by atoms with E-state index in [1.165, 1.54) is 0 Å². The van der Waals surface area contributed by atoms with E-state index in [2.05, 4.69) is 15.2 Å². The Kier molecular flexibility index (Phi) is 0.855. The van der Waals surface area contributed by atoms with Crippen molar-refractivity contribution in [1.29, 1.82) is 0 Å². The minimum atomic E-state index is 0.748. The van der Waals surface area contributed by atoms with Crippen molar-refractivity contribution >= 4 is 5.95 Å². The molecule has 0 aliphatic carbocycles. The molecule has 2 rings (SSSR count). The fourth-order valence-electron chi connectivity index (χ4n) is 0.636. The summed E-state index contributed by atoms with van der Waals surface area (Å²) in [5, 5.41) is 7.50. The van der Waals surface area contributed by atoms with Crippen molar-refractivity contribution in [2.45, 2.75) is 0 Å². The van der Waals surface area contributed by atoms with Crippen molar-refractivity contribution in [1.82, 2.24) is 15.2 Å². The second-order valence-electron chi connectivity index (χ2n) is 1.93. The summed E-state index contributed by atoms with van der Waals surface area (Å²) in [4.78, 5) is 6.04. The Morgan fingerprint density at radius 2 is 2.22 bits per heavy atom. The predicted molar refractivity (Wildman–Crippen MR) is 32.0 cm³/mol. The summed E-state index contributed by atoms with van der Waals surface area (Å²) in [6.07, 6.45) is 3.23. The zero-order valence-corrected chi connectivity index (χ0v) is 4.86. The molecule has 0 radical (unpaired) electrons. The molecule has 1 aromatic rings. The third kappa shape index (κ3) is 0.826. The Morgan fingerprint density at radius 1 is 1.33 bits per heavy atom. The van der Waals surface area contributed by atoms with Crippen LogP contribution in [0.1, 0.15) is 0 Å². The summed E-state index contributed by atoms with van der Waals surface area (Å²) in [6.45, 7) is 2.15. The van der Waals surface area contributed by atoms with Crippen LogP contribution in [-0.2, 0) is 0 Å². The molecule has 0 saturated carbocycles. The van der Waals surface area contributed by atoms with Crippen LogP contribution in [0.4, 0.5) is 5.95 Å². The monoisotopic (exact) mass is 122 g/mol. The molecule has 1 fully saturated rings. The first-order valence-corrected chi connectivity index (χ1v) is 2.85. The molecule has 1 aromatic heterocycles. The van der Waals surface area contributed by atoms with Gasteiger partial charge < -0.3 is 4.90 Å². The summed E-state index contributed by atoms with van der Waals surface area (Å²) < 4.78 is 0. The molecule has 0 N–H and O–H groups in total. The first-order chi connectivity index (χ1) is 4.47. The summed E-state index contributed by atoms with van der Waals surface area (Å²) in [7, 11) is 0. The highest BCUT2D eigenvalue weighted by Crippen LogP contribution is 2.11. The van der Waals surface area contributed by atoms with Gasteiger partial charge in [0, 0.05) is 13.1 Å². The lowest BCUT2D eigenvalue weighted by Gasteiger charge is -1.93. The molecule has 4 nitrogen and oxygen atoms in total. The van der Waals surface area contributed by atoms with Gasteiger partial charge in [-0.3, -0.25) is 0 Å². The van der Waals surface area contributed by atoms with E-state index in [0.29, 0.717) is 0 Å². The molecule has 0 spiro atoms. The van der Waals surface area contributed by atoms with Gasteiger partial charge in [0.2, 0.25) is 5.95 Å². The second-order valence-corrected chi connectivity index (χ2v) is 1.93. The topological polar surface area (TPSA) is 41.7 Å². The number of hydrogen-bond acceptors (Lipinski definition) is 4. The van der Waals surface area contributed by atoms with Crippen molar-refractivity contribution in [3.05, 3.63) is 12.4 Å². The molecule has 0 amide bonds. The zero-order valence-electron chi connectivity index (χ0n) is 4.86. The third-order valence-electron chi connectivity index (χ3n) is 1.20. The molecule has 46 valence electrons. The van der Waals surface area contributed by atoms with E-state index in [0.717, 1.165) is 19.0 Å². The quantitative estimate of drug-likeness (QED) is 0.479. The Balaban J connectivity index is 2.29. The van der Waals surface area contributed by atoms with Gasteiger partial charge >= 0.3 is 0 Å². The number of anilines is 1. The van der Waals surface area contributed by atoms with Gasteiger partial charge in [0.1, 0.15) is 0 Å². The molecule has 2 heterocycles. The molecule has 1 aliphatic rings. The van der Waals surface area contributed by atoms with E-state index in [4.69, 9.17) is 0 Å². The summed E-state index contributed by atoms with van der Waals surface area (Å²) >= 11 is 0. The van der Waals surface area contributed by atoms with Crippen LogP contribution in [0.15, 0.2) is 12.4 Å². The first kappa shape index (κ1) is 4.67. The lowest BCUT2D eigenvalue weighted by Crippen LogP contribution is -1.97. The van der Waals surface area contributed by atoms with Crippen molar-refractivity contribution < 1.29 is 0 Å². The first-order valence-electron chi connectivity index (χ1n) is 2.85.